The number of carbonyl (C=O) groups is 2. The van der Waals surface area contributed by atoms with Crippen molar-refractivity contribution in [3.8, 4) is 5.75 Å². The molecule has 2 aromatic rings. The predicted octanol–water partition coefficient (Wildman–Crippen LogP) is 4.69. The molecule has 0 saturated carbocycles. The summed E-state index contributed by atoms with van der Waals surface area (Å²) in [6.45, 7) is 6.01. The third kappa shape index (κ3) is 5.32. The average Bonchev–Trinajstić information content (AvgIpc) is 2.58. The topological polar surface area (TPSA) is 67.4 Å². The van der Waals surface area contributed by atoms with Gasteiger partial charge in [-0.25, -0.2) is 0 Å². The van der Waals surface area contributed by atoms with Gasteiger partial charge < -0.3 is 15.4 Å². The summed E-state index contributed by atoms with van der Waals surface area (Å²) in [6.07, 6.45) is 0. The third-order valence-corrected chi connectivity index (χ3v) is 3.91. The highest BCUT2D eigenvalue weighted by Crippen LogP contribution is 2.25. The van der Waals surface area contributed by atoms with E-state index in [9.17, 15) is 9.59 Å². The van der Waals surface area contributed by atoms with Crippen LogP contribution in [0.25, 0.3) is 0 Å². The van der Waals surface area contributed by atoms with E-state index in [1.165, 1.54) is 0 Å². The first-order valence-corrected chi connectivity index (χ1v) is 8.84. The number of amides is 2. The summed E-state index contributed by atoms with van der Waals surface area (Å²) in [5.74, 6) is 0.132. The number of ether oxygens (including phenoxy) is 1. The molecule has 5 nitrogen and oxygen atoms in total. The smallest absolute Gasteiger partial charge is 0.259 e. The maximum Gasteiger partial charge on any atom is 0.259 e. The lowest BCUT2D eigenvalue weighted by atomic mass is 10.1. The van der Waals surface area contributed by atoms with E-state index in [0.29, 0.717) is 29.3 Å². The molecular formula is C19H21BrN2O3. The number of anilines is 2. The van der Waals surface area contributed by atoms with Crippen molar-refractivity contribution < 1.29 is 14.3 Å². The molecule has 0 radical (unpaired) electrons. The Labute approximate surface area is 155 Å². The Morgan fingerprint density at radius 1 is 1.04 bits per heavy atom. The highest BCUT2D eigenvalue weighted by Gasteiger charge is 2.14. The molecule has 0 aliphatic rings. The Bertz CT molecular complexity index is 758. The molecule has 2 amide bonds. The van der Waals surface area contributed by atoms with E-state index >= 15 is 0 Å². The van der Waals surface area contributed by atoms with E-state index in [2.05, 4.69) is 26.6 Å². The molecule has 0 aromatic heterocycles. The highest BCUT2D eigenvalue weighted by atomic mass is 79.9. The van der Waals surface area contributed by atoms with E-state index in [1.807, 2.05) is 26.8 Å². The summed E-state index contributed by atoms with van der Waals surface area (Å²) in [7, 11) is 0. The zero-order valence-corrected chi connectivity index (χ0v) is 16.0. The molecule has 0 atom stereocenters. The van der Waals surface area contributed by atoms with Crippen LogP contribution in [0.4, 0.5) is 11.4 Å². The maximum absolute atomic E-state index is 12.5. The van der Waals surface area contributed by atoms with Crippen molar-refractivity contribution >= 4 is 39.1 Å². The van der Waals surface area contributed by atoms with Crippen LogP contribution in [0, 0.1) is 5.92 Å². The van der Waals surface area contributed by atoms with Gasteiger partial charge in [-0.1, -0.05) is 29.8 Å². The summed E-state index contributed by atoms with van der Waals surface area (Å²) >= 11 is 3.37. The molecule has 2 rings (SSSR count). The molecule has 2 N–H and O–H groups in total. The van der Waals surface area contributed by atoms with E-state index < -0.39 is 0 Å². The molecule has 6 heteroatoms. The fourth-order valence-electron chi connectivity index (χ4n) is 2.08. The lowest BCUT2D eigenvalue weighted by molar-refractivity contribution is -0.118. The summed E-state index contributed by atoms with van der Waals surface area (Å²) in [5.41, 5.74) is 1.78. The lowest BCUT2D eigenvalue weighted by Gasteiger charge is -2.12. The van der Waals surface area contributed by atoms with Gasteiger partial charge >= 0.3 is 0 Å². The van der Waals surface area contributed by atoms with Crippen molar-refractivity contribution in [3.63, 3.8) is 0 Å². The van der Waals surface area contributed by atoms with Crippen LogP contribution >= 0.6 is 15.9 Å². The second-order valence-corrected chi connectivity index (χ2v) is 6.66. The Kier molecular flexibility index (Phi) is 6.58. The number of benzene rings is 2. The number of nitrogens with one attached hydrogen (secondary N) is 2. The zero-order chi connectivity index (χ0) is 18.4. The summed E-state index contributed by atoms with van der Waals surface area (Å²) in [5, 5.41) is 5.64. The van der Waals surface area contributed by atoms with Gasteiger partial charge in [0.2, 0.25) is 5.91 Å². The van der Waals surface area contributed by atoms with Gasteiger partial charge in [-0.3, -0.25) is 9.59 Å². The minimum Gasteiger partial charge on any atom is -0.493 e. The first-order chi connectivity index (χ1) is 11.9. The standard InChI is InChI=1S/C19H21BrN2O3/c1-4-25-17-10-5-13(20)11-16(17)19(24)22-15-8-6-14(7-9-15)21-18(23)12(2)3/h5-12H,4H2,1-3H3,(H,21,23)(H,22,24). The van der Waals surface area contributed by atoms with Crippen LogP contribution in [0.3, 0.4) is 0 Å². The van der Waals surface area contributed by atoms with E-state index in [1.54, 1.807) is 36.4 Å². The quantitative estimate of drug-likeness (QED) is 0.733. The SMILES string of the molecule is CCOc1ccc(Br)cc1C(=O)Nc1ccc(NC(=O)C(C)C)cc1. The molecule has 0 spiro atoms. The summed E-state index contributed by atoms with van der Waals surface area (Å²) in [4.78, 5) is 24.2. The second-order valence-electron chi connectivity index (χ2n) is 5.75. The van der Waals surface area contributed by atoms with Gasteiger partial charge in [0.05, 0.1) is 12.2 Å². The zero-order valence-electron chi connectivity index (χ0n) is 14.4. The highest BCUT2D eigenvalue weighted by molar-refractivity contribution is 9.10. The van der Waals surface area contributed by atoms with Crippen molar-refractivity contribution in [2.24, 2.45) is 5.92 Å². The Morgan fingerprint density at radius 3 is 2.20 bits per heavy atom. The van der Waals surface area contributed by atoms with E-state index in [-0.39, 0.29) is 17.7 Å². The normalized spacial score (nSPS) is 10.4. The van der Waals surface area contributed by atoms with Crippen molar-refractivity contribution in [3.05, 3.63) is 52.5 Å². The molecule has 25 heavy (non-hydrogen) atoms. The van der Waals surface area contributed by atoms with Gasteiger partial charge in [0.25, 0.3) is 5.91 Å². The second kappa shape index (κ2) is 8.67. The number of hydrogen-bond acceptors (Lipinski definition) is 3. The minimum absolute atomic E-state index is 0.0488. The number of carbonyl (C=O) groups excluding carboxylic acids is 2. The van der Waals surface area contributed by atoms with Gasteiger partial charge in [-0.15, -0.1) is 0 Å². The molecule has 2 aromatic carbocycles. The number of halogens is 1. The van der Waals surface area contributed by atoms with Crippen LogP contribution in [-0.4, -0.2) is 18.4 Å². The average molecular weight is 405 g/mol. The molecule has 0 bridgehead atoms. The van der Waals surface area contributed by atoms with Crippen molar-refractivity contribution in [1.82, 2.24) is 0 Å². The first kappa shape index (κ1) is 19.0. The molecular weight excluding hydrogens is 384 g/mol. The fraction of sp³-hybridized carbons (Fsp3) is 0.263. The molecule has 132 valence electrons. The van der Waals surface area contributed by atoms with Crippen molar-refractivity contribution in [2.45, 2.75) is 20.8 Å². The Balaban J connectivity index is 2.11. The van der Waals surface area contributed by atoms with Crippen LogP contribution in [0.2, 0.25) is 0 Å². The van der Waals surface area contributed by atoms with Gasteiger partial charge in [-0.05, 0) is 49.4 Å². The van der Waals surface area contributed by atoms with Crippen LogP contribution in [0.1, 0.15) is 31.1 Å². The van der Waals surface area contributed by atoms with E-state index in [0.717, 1.165) is 4.47 Å². The van der Waals surface area contributed by atoms with Gasteiger partial charge in [0, 0.05) is 21.8 Å². The first-order valence-electron chi connectivity index (χ1n) is 8.05. The minimum atomic E-state index is -0.260. The monoisotopic (exact) mass is 404 g/mol. The largest absolute Gasteiger partial charge is 0.493 e. The Hall–Kier alpha value is -2.34. The molecule has 0 unspecified atom stereocenters. The maximum atomic E-state index is 12.5. The molecule has 0 heterocycles. The van der Waals surface area contributed by atoms with Gasteiger partial charge in [-0.2, -0.15) is 0 Å². The summed E-state index contributed by atoms with van der Waals surface area (Å²) in [6, 6.07) is 12.3. The number of rotatable bonds is 6. The van der Waals surface area contributed by atoms with Gasteiger partial charge in [0.15, 0.2) is 0 Å². The number of hydrogen-bond donors (Lipinski definition) is 2. The lowest BCUT2D eigenvalue weighted by Crippen LogP contribution is -2.17. The predicted molar refractivity (Wildman–Crippen MR) is 103 cm³/mol. The van der Waals surface area contributed by atoms with Crippen molar-refractivity contribution in [1.29, 1.82) is 0 Å². The van der Waals surface area contributed by atoms with Crippen LogP contribution in [0.5, 0.6) is 5.75 Å². The van der Waals surface area contributed by atoms with E-state index in [4.69, 9.17) is 4.74 Å². The molecule has 0 aliphatic heterocycles. The molecule has 0 aliphatic carbocycles. The van der Waals surface area contributed by atoms with Gasteiger partial charge in [0.1, 0.15) is 5.75 Å². The summed E-state index contributed by atoms with van der Waals surface area (Å²) < 4.78 is 6.31. The Morgan fingerprint density at radius 2 is 1.64 bits per heavy atom. The fourth-order valence-corrected chi connectivity index (χ4v) is 2.44. The molecule has 0 saturated heterocycles. The van der Waals surface area contributed by atoms with Crippen LogP contribution in [-0.2, 0) is 4.79 Å². The third-order valence-electron chi connectivity index (χ3n) is 3.42. The van der Waals surface area contributed by atoms with Crippen molar-refractivity contribution in [2.75, 3.05) is 17.2 Å². The molecule has 0 fully saturated rings. The van der Waals surface area contributed by atoms with Crippen LogP contribution < -0.4 is 15.4 Å². The van der Waals surface area contributed by atoms with Crippen LogP contribution in [0.15, 0.2) is 46.9 Å².